The summed E-state index contributed by atoms with van der Waals surface area (Å²) < 4.78 is 0. The van der Waals surface area contributed by atoms with E-state index >= 15 is 0 Å². The van der Waals surface area contributed by atoms with Crippen LogP contribution in [0.25, 0.3) is 54.2 Å². The summed E-state index contributed by atoms with van der Waals surface area (Å²) in [7, 11) is 0. The van der Waals surface area contributed by atoms with Crippen LogP contribution in [-0.4, -0.2) is 0 Å². The molecular formula is C28H18. The van der Waals surface area contributed by atoms with Crippen molar-refractivity contribution in [3.05, 3.63) is 109 Å². The first-order valence-electron chi connectivity index (χ1n) is 9.71. The molecule has 0 fully saturated rings. The predicted octanol–water partition coefficient (Wildman–Crippen LogP) is 7.97. The van der Waals surface area contributed by atoms with E-state index in [2.05, 4.69) is 109 Å². The molecule has 0 aliphatic heterocycles. The van der Waals surface area contributed by atoms with E-state index in [0.717, 1.165) is 0 Å². The van der Waals surface area contributed by atoms with Gasteiger partial charge in [0, 0.05) is 0 Å². The summed E-state index contributed by atoms with van der Waals surface area (Å²) in [6.45, 7) is 0. The van der Waals surface area contributed by atoms with Gasteiger partial charge in [0.25, 0.3) is 0 Å². The third-order valence-corrected chi connectivity index (χ3v) is 5.81. The van der Waals surface area contributed by atoms with Crippen molar-refractivity contribution in [1.29, 1.82) is 0 Å². The van der Waals surface area contributed by atoms with Gasteiger partial charge < -0.3 is 0 Å². The Bertz CT molecular complexity index is 1450. The third kappa shape index (κ3) is 2.18. The molecule has 0 saturated carbocycles. The molecule has 0 heterocycles. The minimum Gasteiger partial charge on any atom is -0.0616 e. The van der Waals surface area contributed by atoms with Crippen molar-refractivity contribution in [2.45, 2.75) is 0 Å². The lowest BCUT2D eigenvalue weighted by Crippen LogP contribution is -1.88. The molecule has 6 rings (SSSR count). The second kappa shape index (κ2) is 5.94. The zero-order valence-corrected chi connectivity index (χ0v) is 15.4. The fourth-order valence-electron chi connectivity index (χ4n) is 4.56. The first-order chi connectivity index (χ1) is 13.9. The van der Waals surface area contributed by atoms with Gasteiger partial charge in [-0.25, -0.2) is 0 Å². The van der Waals surface area contributed by atoms with Crippen molar-refractivity contribution in [3.8, 4) is 11.1 Å². The van der Waals surface area contributed by atoms with Crippen LogP contribution in [0.3, 0.4) is 0 Å². The molecule has 6 aromatic carbocycles. The fourth-order valence-corrected chi connectivity index (χ4v) is 4.56. The Kier molecular flexibility index (Phi) is 3.27. The molecule has 0 heteroatoms. The average molecular weight is 354 g/mol. The van der Waals surface area contributed by atoms with Gasteiger partial charge in [0.1, 0.15) is 0 Å². The molecule has 0 unspecified atom stereocenters. The van der Waals surface area contributed by atoms with Gasteiger partial charge in [0.2, 0.25) is 0 Å². The lowest BCUT2D eigenvalue weighted by atomic mass is 9.87. The summed E-state index contributed by atoms with van der Waals surface area (Å²) >= 11 is 0. The summed E-state index contributed by atoms with van der Waals surface area (Å²) in [4.78, 5) is 0. The van der Waals surface area contributed by atoms with Crippen molar-refractivity contribution >= 4 is 43.1 Å². The number of rotatable bonds is 1. The number of hydrogen-bond donors (Lipinski definition) is 0. The molecule has 0 aliphatic rings. The summed E-state index contributed by atoms with van der Waals surface area (Å²) in [5.74, 6) is 0. The normalized spacial score (nSPS) is 11.6. The third-order valence-electron chi connectivity index (χ3n) is 5.81. The molecule has 0 saturated heterocycles. The van der Waals surface area contributed by atoms with Gasteiger partial charge in [-0.3, -0.25) is 0 Å². The van der Waals surface area contributed by atoms with Crippen molar-refractivity contribution in [2.75, 3.05) is 0 Å². The van der Waals surface area contributed by atoms with E-state index < -0.39 is 0 Å². The topological polar surface area (TPSA) is 0 Å². The van der Waals surface area contributed by atoms with Crippen LogP contribution in [0, 0.1) is 0 Å². The van der Waals surface area contributed by atoms with Crippen molar-refractivity contribution in [2.24, 2.45) is 0 Å². The van der Waals surface area contributed by atoms with E-state index in [1.165, 1.54) is 54.2 Å². The standard InChI is InChI=1S/C28H18/c1-4-12-22-21(11-1)18-27(26-16-8-7-15-25(22)26)28-23-13-5-2-9-19(23)17-20-10-3-6-14-24(20)28/h1-18H. The van der Waals surface area contributed by atoms with Crippen LogP contribution in [0.4, 0.5) is 0 Å². The second-order valence-electron chi connectivity index (χ2n) is 7.38. The van der Waals surface area contributed by atoms with Gasteiger partial charge in [-0.15, -0.1) is 0 Å². The minimum atomic E-state index is 1.29. The molecule has 0 nitrogen and oxygen atoms in total. The highest BCUT2D eigenvalue weighted by molar-refractivity contribution is 6.21. The number of hydrogen-bond acceptors (Lipinski definition) is 0. The van der Waals surface area contributed by atoms with Crippen molar-refractivity contribution in [3.63, 3.8) is 0 Å². The molecule has 0 amide bonds. The zero-order valence-electron chi connectivity index (χ0n) is 15.4. The minimum absolute atomic E-state index is 1.29. The van der Waals surface area contributed by atoms with E-state index in [4.69, 9.17) is 0 Å². The largest absolute Gasteiger partial charge is 0.0616 e. The maximum atomic E-state index is 2.37. The summed E-state index contributed by atoms with van der Waals surface area (Å²) in [5, 5.41) is 10.4. The molecule has 0 radical (unpaired) electrons. The molecule has 0 aliphatic carbocycles. The first-order valence-corrected chi connectivity index (χ1v) is 9.71. The molecule has 0 bridgehead atoms. The molecule has 0 N–H and O–H groups in total. The molecule has 0 aromatic heterocycles. The molecule has 0 atom stereocenters. The predicted molar refractivity (Wildman–Crippen MR) is 122 cm³/mol. The number of benzene rings is 6. The Labute approximate surface area is 163 Å². The van der Waals surface area contributed by atoms with Crippen LogP contribution >= 0.6 is 0 Å². The smallest absolute Gasteiger partial charge is 0.00204 e. The average Bonchev–Trinajstić information content (AvgIpc) is 2.77. The van der Waals surface area contributed by atoms with Crippen LogP contribution < -0.4 is 0 Å². The summed E-state index contributed by atoms with van der Waals surface area (Å²) in [6.07, 6.45) is 0. The van der Waals surface area contributed by atoms with E-state index in [-0.39, 0.29) is 0 Å². The highest BCUT2D eigenvalue weighted by atomic mass is 14.2. The van der Waals surface area contributed by atoms with Crippen molar-refractivity contribution < 1.29 is 0 Å². The van der Waals surface area contributed by atoms with E-state index in [1.807, 2.05) is 0 Å². The maximum absolute atomic E-state index is 2.37. The Morgan fingerprint density at radius 3 is 1.36 bits per heavy atom. The first kappa shape index (κ1) is 15.4. The van der Waals surface area contributed by atoms with Gasteiger partial charge >= 0.3 is 0 Å². The van der Waals surface area contributed by atoms with Crippen LogP contribution in [0.1, 0.15) is 0 Å². The number of fused-ring (bicyclic) bond motifs is 5. The van der Waals surface area contributed by atoms with Gasteiger partial charge in [-0.05, 0) is 66.3 Å². The molecular weight excluding hydrogens is 336 g/mol. The van der Waals surface area contributed by atoms with E-state index in [0.29, 0.717) is 0 Å². The van der Waals surface area contributed by atoms with E-state index in [1.54, 1.807) is 0 Å². The summed E-state index contributed by atoms with van der Waals surface area (Å²) in [6, 6.07) is 39.6. The Hall–Kier alpha value is -3.64. The van der Waals surface area contributed by atoms with E-state index in [9.17, 15) is 0 Å². The lowest BCUT2D eigenvalue weighted by molar-refractivity contribution is 1.72. The Balaban J connectivity index is 1.89. The highest BCUT2D eigenvalue weighted by Crippen LogP contribution is 2.41. The molecule has 6 aromatic rings. The van der Waals surface area contributed by atoms with Gasteiger partial charge in [-0.1, -0.05) is 97.1 Å². The van der Waals surface area contributed by atoms with Crippen LogP contribution in [0.2, 0.25) is 0 Å². The SMILES string of the molecule is c1ccc2c(-c3cc4ccccc4c4ccccc34)c3ccccc3cc2c1. The molecule has 0 spiro atoms. The Morgan fingerprint density at radius 2 is 0.750 bits per heavy atom. The monoisotopic (exact) mass is 354 g/mol. The van der Waals surface area contributed by atoms with Gasteiger partial charge in [0.15, 0.2) is 0 Å². The maximum Gasteiger partial charge on any atom is -0.00204 e. The van der Waals surface area contributed by atoms with Crippen LogP contribution in [-0.2, 0) is 0 Å². The zero-order chi connectivity index (χ0) is 18.5. The summed E-state index contributed by atoms with van der Waals surface area (Å²) in [5.41, 5.74) is 2.64. The van der Waals surface area contributed by atoms with Crippen LogP contribution in [0.5, 0.6) is 0 Å². The highest BCUT2D eigenvalue weighted by Gasteiger charge is 2.14. The molecule has 28 heavy (non-hydrogen) atoms. The van der Waals surface area contributed by atoms with Gasteiger partial charge in [0.05, 0.1) is 0 Å². The Morgan fingerprint density at radius 1 is 0.321 bits per heavy atom. The second-order valence-corrected chi connectivity index (χ2v) is 7.38. The van der Waals surface area contributed by atoms with Crippen LogP contribution in [0.15, 0.2) is 109 Å². The van der Waals surface area contributed by atoms with Gasteiger partial charge in [-0.2, -0.15) is 0 Å². The molecule has 130 valence electrons. The lowest BCUT2D eigenvalue weighted by Gasteiger charge is -2.16. The van der Waals surface area contributed by atoms with Crippen molar-refractivity contribution in [1.82, 2.24) is 0 Å². The quantitative estimate of drug-likeness (QED) is 0.207. The fraction of sp³-hybridized carbons (Fsp3) is 0.